The number of nitrogens with one attached hydrogen (secondary N) is 2. The maximum absolute atomic E-state index is 10.9. The van der Waals surface area contributed by atoms with Gasteiger partial charge in [0.25, 0.3) is 0 Å². The largest absolute Gasteiger partial charge is 3.00 e. The van der Waals surface area contributed by atoms with Crippen LogP contribution < -0.4 is 26.0 Å². The molecule has 0 aliphatic carbocycles. The van der Waals surface area contributed by atoms with Crippen LogP contribution in [-0.2, 0) is 9.59 Å². The summed E-state index contributed by atoms with van der Waals surface area (Å²) >= 11 is 0. The van der Waals surface area contributed by atoms with Gasteiger partial charge in [0.15, 0.2) is 0 Å². The number of carbonyl (C=O) groups excluding carboxylic acids is 2. The number of phenolic OH excluding ortho intramolecular Hbond substituents is 2. The third-order valence-electron chi connectivity index (χ3n) is 6.92. The van der Waals surface area contributed by atoms with Crippen molar-refractivity contribution in [3.63, 3.8) is 0 Å². The van der Waals surface area contributed by atoms with Crippen molar-refractivity contribution < 1.29 is 35.1 Å². The first-order valence-electron chi connectivity index (χ1n) is 13.3. The number of hydrogen-bond acceptors (Lipinski definition) is 9. The number of aromatic hydroxyl groups is 2. The zero-order valence-electron chi connectivity index (χ0n) is 24.0. The van der Waals surface area contributed by atoms with Gasteiger partial charge in [-0.1, -0.05) is 103 Å². The van der Waals surface area contributed by atoms with Crippen molar-refractivity contribution in [1.82, 2.24) is 0 Å². The molecule has 0 radical (unpaired) electrons. The summed E-state index contributed by atoms with van der Waals surface area (Å²) in [6, 6.07) is 26.8. The Kier molecular flexibility index (Phi) is 10.5. The fourth-order valence-corrected chi connectivity index (χ4v) is 4.30. The number of phenols is 2. The molecule has 4 aromatic carbocycles. The first-order chi connectivity index (χ1) is 20.4. The summed E-state index contributed by atoms with van der Waals surface area (Å²) in [4.78, 5) is 21.8. The van der Waals surface area contributed by atoms with Crippen LogP contribution in [0.1, 0.15) is 25.0 Å². The third-order valence-corrected chi connectivity index (χ3v) is 6.92. The van der Waals surface area contributed by atoms with E-state index in [4.69, 9.17) is 0 Å². The molecule has 10 heteroatoms. The molecule has 0 spiro atoms. The number of benzene rings is 4. The fourth-order valence-electron chi connectivity index (χ4n) is 4.30. The average molecular weight is 605 g/mol. The molecule has 4 N–H and O–H groups in total. The van der Waals surface area contributed by atoms with Crippen LogP contribution in [0.3, 0.4) is 0 Å². The van der Waals surface area contributed by atoms with E-state index in [0.29, 0.717) is 11.4 Å². The van der Waals surface area contributed by atoms with Crippen LogP contribution in [0.15, 0.2) is 103 Å². The smallest absolute Gasteiger partial charge is 0.872 e. The Bertz CT molecular complexity index is 1600. The van der Waals surface area contributed by atoms with Gasteiger partial charge in [0.1, 0.15) is 11.5 Å². The van der Waals surface area contributed by atoms with Crippen LogP contribution in [0, 0.1) is 0 Å². The Labute approximate surface area is 265 Å². The van der Waals surface area contributed by atoms with E-state index in [-0.39, 0.29) is 34.6 Å². The molecule has 0 aromatic heterocycles. The van der Waals surface area contributed by atoms with Crippen LogP contribution in [-0.4, -0.2) is 50.6 Å². The van der Waals surface area contributed by atoms with Gasteiger partial charge in [-0.15, -0.1) is 5.75 Å². The van der Waals surface area contributed by atoms with Gasteiger partial charge in [-0.2, -0.15) is 0 Å². The van der Waals surface area contributed by atoms with Gasteiger partial charge < -0.3 is 45.8 Å². The third kappa shape index (κ3) is 7.61. The van der Waals surface area contributed by atoms with Crippen LogP contribution >= 0.6 is 0 Å². The number of fused-ring (bicyclic) bond motifs is 2. The molecule has 0 saturated heterocycles. The van der Waals surface area contributed by atoms with Gasteiger partial charge in [-0.3, -0.25) is 0 Å². The molecule has 2 unspecified atom stereocenters. The van der Waals surface area contributed by atoms with Crippen molar-refractivity contribution in [3.05, 3.63) is 114 Å². The predicted octanol–water partition coefficient (Wildman–Crippen LogP) is 2.73. The first kappa shape index (κ1) is 33.3. The fraction of sp³-hybridized carbons (Fsp3) is 0.118. The zero-order chi connectivity index (χ0) is 31.2. The van der Waals surface area contributed by atoms with E-state index >= 15 is 0 Å². The summed E-state index contributed by atoms with van der Waals surface area (Å²) in [6.45, 7) is 2.96. The molecule has 44 heavy (non-hydrogen) atoms. The second-order valence-corrected chi connectivity index (χ2v) is 10.3. The summed E-state index contributed by atoms with van der Waals surface area (Å²) in [5.41, 5.74) is 2.04. The van der Waals surface area contributed by atoms with E-state index in [9.17, 15) is 35.1 Å². The number of carboxylic acids is 2. The van der Waals surface area contributed by atoms with Gasteiger partial charge in [-0.25, -0.2) is 0 Å². The number of carbonyl (C=O) groups is 2. The van der Waals surface area contributed by atoms with Gasteiger partial charge in [0.05, 0.1) is 34.4 Å². The van der Waals surface area contributed by atoms with Crippen LogP contribution in [0.5, 0.6) is 17.2 Å². The molecule has 6 rings (SSSR count). The number of carboxylic acid groups (broad SMARTS) is 2. The van der Waals surface area contributed by atoms with E-state index < -0.39 is 23.0 Å². The molecule has 2 heterocycles. The molecule has 0 saturated carbocycles. The Hall–Kier alpha value is -5.17. The number of anilines is 2. The molecular weight excluding hydrogens is 575 g/mol. The molecule has 4 aromatic rings. The first-order valence-corrected chi connectivity index (χ1v) is 13.3. The van der Waals surface area contributed by atoms with Crippen molar-refractivity contribution in [3.8, 4) is 28.4 Å². The van der Waals surface area contributed by atoms with E-state index in [1.54, 1.807) is 48.6 Å². The topological polar surface area (TPSA) is 168 Å². The average Bonchev–Trinajstić information content (AvgIpc) is 3.00. The molecule has 0 amide bonds. The second kappa shape index (κ2) is 13.9. The number of rotatable bonds is 3. The van der Waals surface area contributed by atoms with Crippen LogP contribution in [0.2, 0.25) is 0 Å². The van der Waals surface area contributed by atoms with Crippen LogP contribution in [0.25, 0.3) is 23.3 Å². The standard InChI is InChI=1S/C12H10O.2C11H11NO3.Al/c13-12-8-6-11(7-9-12)10-4-2-1-3-5-10;2*1-11(10(14)15)6-5-7-3-2-4-8(13)9(7)12-11;/h1-9,13H;2*2-6,12-13H,1H3,(H,14,15);/q;;;+3/p-3. The Balaban J connectivity index is 0.000000179. The molecule has 2 atom stereocenters. The van der Waals surface area contributed by atoms with Crippen molar-refractivity contribution in [2.75, 3.05) is 10.6 Å². The number of hydrogen-bond donors (Lipinski definition) is 4. The number of aliphatic carboxylic acids is 2. The molecule has 0 fully saturated rings. The Morgan fingerprint density at radius 2 is 1.02 bits per heavy atom. The predicted molar refractivity (Wildman–Crippen MR) is 165 cm³/mol. The van der Waals surface area contributed by atoms with E-state index in [1.807, 2.05) is 42.5 Å². The quantitative estimate of drug-likeness (QED) is 0.203. The molecule has 2 aliphatic rings. The molecular formula is C34H29AlN2O7. The van der Waals surface area contributed by atoms with Crippen molar-refractivity contribution in [2.24, 2.45) is 0 Å². The summed E-state index contributed by atoms with van der Waals surface area (Å²) in [7, 11) is 0. The van der Waals surface area contributed by atoms with Gasteiger partial charge >= 0.3 is 17.4 Å². The van der Waals surface area contributed by atoms with Crippen molar-refractivity contribution in [2.45, 2.75) is 24.9 Å². The molecule has 9 nitrogen and oxygen atoms in total. The van der Waals surface area contributed by atoms with Gasteiger partial charge in [0, 0.05) is 11.1 Å². The van der Waals surface area contributed by atoms with Crippen molar-refractivity contribution in [1.29, 1.82) is 0 Å². The summed E-state index contributed by atoms with van der Waals surface area (Å²) in [6.07, 6.45) is 6.32. The molecule has 220 valence electrons. The monoisotopic (exact) mass is 604 g/mol. The minimum Gasteiger partial charge on any atom is -0.872 e. The molecule has 0 bridgehead atoms. The summed E-state index contributed by atoms with van der Waals surface area (Å²) in [5, 5.41) is 57.2. The Morgan fingerprint density at radius 1 is 0.614 bits per heavy atom. The van der Waals surface area contributed by atoms with E-state index in [0.717, 1.165) is 22.3 Å². The van der Waals surface area contributed by atoms with E-state index in [2.05, 4.69) is 10.6 Å². The normalized spacial score (nSPS) is 18.6. The zero-order valence-corrected chi connectivity index (χ0v) is 25.1. The summed E-state index contributed by atoms with van der Waals surface area (Å²) in [5.74, 6) is -2.34. The van der Waals surface area contributed by atoms with Crippen LogP contribution in [0.4, 0.5) is 11.4 Å². The van der Waals surface area contributed by atoms with Crippen molar-refractivity contribution >= 4 is 52.8 Å². The van der Waals surface area contributed by atoms with E-state index in [1.165, 1.54) is 38.1 Å². The maximum Gasteiger partial charge on any atom is 3.00 e. The summed E-state index contributed by atoms with van der Waals surface area (Å²) < 4.78 is 0. The SMILES string of the molecule is CC1(C(=O)[O-])C=Cc2cccc(O)c2N1.CC1(C(=O)[O-])C=Cc2cccc(O)c2N1.[Al+3].[O-]c1ccc(-c2ccccc2)cc1. The Morgan fingerprint density at radius 3 is 1.43 bits per heavy atom. The maximum atomic E-state index is 10.9. The molecule has 2 aliphatic heterocycles. The minimum atomic E-state index is -1.27. The minimum absolute atomic E-state index is 0. The number of para-hydroxylation sites is 2. The van der Waals surface area contributed by atoms with Gasteiger partial charge in [-0.05, 0) is 37.1 Å². The van der Waals surface area contributed by atoms with Gasteiger partial charge in [0.2, 0.25) is 0 Å². The second-order valence-electron chi connectivity index (χ2n) is 10.3.